The molecule has 0 saturated heterocycles. The Kier molecular flexibility index (Phi) is 8.35. The molecule has 1 aliphatic rings. The van der Waals surface area contributed by atoms with Gasteiger partial charge in [-0.15, -0.1) is 0 Å². The molecule has 1 aromatic rings. The van der Waals surface area contributed by atoms with Crippen molar-refractivity contribution in [3.8, 4) is 5.75 Å². The second-order valence-corrected chi connectivity index (χ2v) is 6.35. The Bertz CT molecular complexity index is 682. The van der Waals surface area contributed by atoms with Crippen LogP contribution in [-0.2, 0) is 20.7 Å². The summed E-state index contributed by atoms with van der Waals surface area (Å²) in [7, 11) is 1.56. The van der Waals surface area contributed by atoms with E-state index in [1.807, 2.05) is 0 Å². The van der Waals surface area contributed by atoms with Gasteiger partial charge in [0.2, 0.25) is 0 Å². The third kappa shape index (κ3) is 7.94. The number of methoxy groups -OCH3 is 1. The Morgan fingerprint density at radius 3 is 2.56 bits per heavy atom. The van der Waals surface area contributed by atoms with Crippen molar-refractivity contribution in [2.24, 2.45) is 0 Å². The Balaban J connectivity index is 1.60. The van der Waals surface area contributed by atoms with Crippen molar-refractivity contribution in [2.45, 2.75) is 38.5 Å². The summed E-state index contributed by atoms with van der Waals surface area (Å²) in [5, 5.41) is 4.78. The molecule has 0 aliphatic heterocycles. The maximum atomic E-state index is 11.8. The lowest BCUT2D eigenvalue weighted by atomic mass is 9.97. The Hall–Kier alpha value is -2.83. The van der Waals surface area contributed by atoms with Crippen LogP contribution in [0.2, 0.25) is 0 Å². The summed E-state index contributed by atoms with van der Waals surface area (Å²) < 4.78 is 9.94. The van der Waals surface area contributed by atoms with Crippen molar-refractivity contribution >= 4 is 17.9 Å². The molecule has 2 rings (SSSR count). The molecule has 7 nitrogen and oxygen atoms in total. The monoisotopic (exact) mass is 374 g/mol. The maximum absolute atomic E-state index is 11.8. The number of rotatable bonds is 8. The van der Waals surface area contributed by atoms with Crippen LogP contribution in [-0.4, -0.2) is 38.2 Å². The summed E-state index contributed by atoms with van der Waals surface area (Å²) in [6, 6.07) is 6.39. The predicted molar refractivity (Wildman–Crippen MR) is 100 cm³/mol. The maximum Gasteiger partial charge on any atom is 0.321 e. The standard InChI is InChI=1S/C20H26N2O5/c1-26-17-9-7-16(8-10-17)13-19(24)27-14-18(23)22-20(25)21-12-11-15-5-3-2-4-6-15/h5,7-10H,2-4,6,11-14H2,1H3,(H2,21,22,23,25). The van der Waals surface area contributed by atoms with E-state index in [1.54, 1.807) is 31.4 Å². The van der Waals surface area contributed by atoms with Crippen LogP contribution in [0.5, 0.6) is 5.75 Å². The van der Waals surface area contributed by atoms with Gasteiger partial charge in [0.15, 0.2) is 6.61 Å². The van der Waals surface area contributed by atoms with Gasteiger partial charge in [-0.1, -0.05) is 23.8 Å². The smallest absolute Gasteiger partial charge is 0.321 e. The van der Waals surface area contributed by atoms with Crippen LogP contribution in [0.3, 0.4) is 0 Å². The minimum atomic E-state index is -0.660. The van der Waals surface area contributed by atoms with Gasteiger partial charge in [0.1, 0.15) is 5.75 Å². The van der Waals surface area contributed by atoms with Gasteiger partial charge in [0.05, 0.1) is 13.5 Å². The molecule has 3 amide bonds. The summed E-state index contributed by atoms with van der Waals surface area (Å²) >= 11 is 0. The number of hydrogen-bond donors (Lipinski definition) is 2. The van der Waals surface area contributed by atoms with Gasteiger partial charge in [0, 0.05) is 6.54 Å². The van der Waals surface area contributed by atoms with E-state index in [0.29, 0.717) is 12.3 Å². The second kappa shape index (κ2) is 11.0. The average molecular weight is 374 g/mol. The minimum Gasteiger partial charge on any atom is -0.497 e. The second-order valence-electron chi connectivity index (χ2n) is 6.35. The van der Waals surface area contributed by atoms with E-state index in [1.165, 1.54) is 18.4 Å². The molecule has 1 aliphatic carbocycles. The Morgan fingerprint density at radius 1 is 1.11 bits per heavy atom. The lowest BCUT2D eigenvalue weighted by Gasteiger charge is -2.13. The van der Waals surface area contributed by atoms with Gasteiger partial charge in [-0.3, -0.25) is 14.9 Å². The molecule has 146 valence electrons. The number of esters is 1. The molecule has 0 radical (unpaired) electrons. The normalized spacial score (nSPS) is 13.3. The molecule has 0 heterocycles. The van der Waals surface area contributed by atoms with Gasteiger partial charge in [0.25, 0.3) is 5.91 Å². The molecule has 0 unspecified atom stereocenters. The van der Waals surface area contributed by atoms with E-state index in [9.17, 15) is 14.4 Å². The van der Waals surface area contributed by atoms with Crippen molar-refractivity contribution in [2.75, 3.05) is 20.3 Å². The molecule has 2 N–H and O–H groups in total. The van der Waals surface area contributed by atoms with E-state index in [-0.39, 0.29) is 6.42 Å². The average Bonchev–Trinajstić information content (AvgIpc) is 2.68. The van der Waals surface area contributed by atoms with E-state index >= 15 is 0 Å². The molecule has 0 atom stereocenters. The van der Waals surface area contributed by atoms with Gasteiger partial charge in [-0.25, -0.2) is 4.79 Å². The van der Waals surface area contributed by atoms with Crippen LogP contribution >= 0.6 is 0 Å². The van der Waals surface area contributed by atoms with Crippen LogP contribution in [0.1, 0.15) is 37.7 Å². The molecular formula is C20H26N2O5. The number of benzene rings is 1. The number of ether oxygens (including phenoxy) is 2. The van der Waals surface area contributed by atoms with E-state index in [4.69, 9.17) is 9.47 Å². The number of carbonyl (C=O) groups is 3. The fraction of sp³-hybridized carbons (Fsp3) is 0.450. The third-order valence-corrected chi connectivity index (χ3v) is 4.24. The first kappa shape index (κ1) is 20.5. The van der Waals surface area contributed by atoms with Crippen LogP contribution in [0, 0.1) is 0 Å². The van der Waals surface area contributed by atoms with Gasteiger partial charge in [-0.2, -0.15) is 0 Å². The molecule has 27 heavy (non-hydrogen) atoms. The number of allylic oxidation sites excluding steroid dienone is 1. The SMILES string of the molecule is COc1ccc(CC(=O)OCC(=O)NC(=O)NCCC2=CCCCC2)cc1. The predicted octanol–water partition coefficient (Wildman–Crippen LogP) is 2.50. The van der Waals surface area contributed by atoms with Gasteiger partial charge >= 0.3 is 12.0 Å². The van der Waals surface area contributed by atoms with Crippen molar-refractivity contribution in [1.82, 2.24) is 10.6 Å². The minimum absolute atomic E-state index is 0.0403. The van der Waals surface area contributed by atoms with E-state index in [0.717, 1.165) is 24.8 Å². The zero-order chi connectivity index (χ0) is 19.5. The van der Waals surface area contributed by atoms with E-state index in [2.05, 4.69) is 16.7 Å². The molecule has 0 fully saturated rings. The molecule has 1 aromatic carbocycles. The summed E-state index contributed by atoms with van der Waals surface area (Å²) in [6.45, 7) is -0.0181. The lowest BCUT2D eigenvalue weighted by molar-refractivity contribution is -0.147. The number of nitrogens with one attached hydrogen (secondary N) is 2. The van der Waals surface area contributed by atoms with Gasteiger partial charge < -0.3 is 14.8 Å². The highest BCUT2D eigenvalue weighted by Crippen LogP contribution is 2.19. The fourth-order valence-corrected chi connectivity index (χ4v) is 2.78. The summed E-state index contributed by atoms with van der Waals surface area (Å²) in [5.41, 5.74) is 2.09. The molecular weight excluding hydrogens is 348 g/mol. The highest BCUT2D eigenvalue weighted by atomic mass is 16.5. The number of imide groups is 1. The highest BCUT2D eigenvalue weighted by Gasteiger charge is 2.12. The molecule has 0 spiro atoms. The fourth-order valence-electron chi connectivity index (χ4n) is 2.78. The first-order valence-corrected chi connectivity index (χ1v) is 9.11. The Labute approximate surface area is 159 Å². The zero-order valence-electron chi connectivity index (χ0n) is 15.6. The molecule has 0 aromatic heterocycles. The number of urea groups is 1. The van der Waals surface area contributed by atoms with Crippen molar-refractivity contribution < 1.29 is 23.9 Å². The number of amides is 3. The first-order chi connectivity index (χ1) is 13.1. The Morgan fingerprint density at radius 2 is 1.89 bits per heavy atom. The summed E-state index contributed by atoms with van der Waals surface area (Å²) in [4.78, 5) is 35.1. The van der Waals surface area contributed by atoms with Crippen molar-refractivity contribution in [3.63, 3.8) is 0 Å². The van der Waals surface area contributed by atoms with E-state index < -0.39 is 24.5 Å². The van der Waals surface area contributed by atoms with Crippen LogP contribution < -0.4 is 15.4 Å². The molecule has 7 heteroatoms. The molecule has 0 saturated carbocycles. The number of carbonyl (C=O) groups excluding carboxylic acids is 3. The van der Waals surface area contributed by atoms with Crippen LogP contribution in [0.15, 0.2) is 35.9 Å². The topological polar surface area (TPSA) is 93.7 Å². The summed E-state index contributed by atoms with van der Waals surface area (Å²) in [5.74, 6) is -0.510. The summed E-state index contributed by atoms with van der Waals surface area (Å²) in [6.07, 6.45) is 7.64. The lowest BCUT2D eigenvalue weighted by Crippen LogP contribution is -2.41. The third-order valence-electron chi connectivity index (χ3n) is 4.24. The van der Waals surface area contributed by atoms with Gasteiger partial charge in [-0.05, 0) is 49.8 Å². The van der Waals surface area contributed by atoms with Crippen LogP contribution in [0.4, 0.5) is 4.79 Å². The zero-order valence-corrected chi connectivity index (χ0v) is 15.6. The highest BCUT2D eigenvalue weighted by molar-refractivity contribution is 5.95. The molecule has 0 bridgehead atoms. The largest absolute Gasteiger partial charge is 0.497 e. The van der Waals surface area contributed by atoms with Crippen LogP contribution in [0.25, 0.3) is 0 Å². The first-order valence-electron chi connectivity index (χ1n) is 9.11. The number of hydrogen-bond acceptors (Lipinski definition) is 5. The quantitative estimate of drug-likeness (QED) is 0.539. The van der Waals surface area contributed by atoms with Crippen molar-refractivity contribution in [3.05, 3.63) is 41.5 Å². The van der Waals surface area contributed by atoms with Crippen molar-refractivity contribution in [1.29, 1.82) is 0 Å².